The van der Waals surface area contributed by atoms with E-state index in [1.165, 1.54) is 0 Å². The zero-order valence-electron chi connectivity index (χ0n) is 12.7. The third kappa shape index (κ3) is 4.24. The van der Waals surface area contributed by atoms with Crippen LogP contribution in [0, 0.1) is 5.92 Å². The Bertz CT molecular complexity index is 488. The van der Waals surface area contributed by atoms with Crippen LogP contribution >= 0.6 is 0 Å². The highest BCUT2D eigenvalue weighted by atomic mass is 16.5. The number of urea groups is 1. The molecular formula is C15H22N2O5. The van der Waals surface area contributed by atoms with Crippen LogP contribution in [0.2, 0.25) is 0 Å². The quantitative estimate of drug-likeness (QED) is 0.836. The van der Waals surface area contributed by atoms with Crippen LogP contribution in [0.1, 0.15) is 31.1 Å². The van der Waals surface area contributed by atoms with Gasteiger partial charge in [-0.05, 0) is 31.4 Å². The maximum Gasteiger partial charge on any atom is 0.318 e. The summed E-state index contributed by atoms with van der Waals surface area (Å²) < 4.78 is 10.4. The number of piperidine rings is 1. The molecule has 0 bridgehead atoms. The third-order valence-corrected chi connectivity index (χ3v) is 3.85. The molecule has 0 spiro atoms. The fourth-order valence-electron chi connectivity index (χ4n) is 2.61. The van der Waals surface area contributed by atoms with Crippen molar-refractivity contribution in [1.29, 1.82) is 0 Å². The second kappa shape index (κ2) is 7.84. The van der Waals surface area contributed by atoms with Crippen molar-refractivity contribution in [3.05, 3.63) is 24.2 Å². The van der Waals surface area contributed by atoms with Gasteiger partial charge >= 0.3 is 12.0 Å². The Hall–Kier alpha value is -2.02. The van der Waals surface area contributed by atoms with Gasteiger partial charge in [-0.2, -0.15) is 0 Å². The molecule has 2 heterocycles. The van der Waals surface area contributed by atoms with Crippen LogP contribution in [0.3, 0.4) is 0 Å². The Labute approximate surface area is 129 Å². The first kappa shape index (κ1) is 16.4. The van der Waals surface area contributed by atoms with E-state index in [0.29, 0.717) is 38.2 Å². The highest BCUT2D eigenvalue weighted by Crippen LogP contribution is 2.20. The van der Waals surface area contributed by atoms with E-state index in [1.54, 1.807) is 30.4 Å². The monoisotopic (exact) mass is 310 g/mol. The lowest BCUT2D eigenvalue weighted by Gasteiger charge is -2.32. The van der Waals surface area contributed by atoms with Gasteiger partial charge in [0.15, 0.2) is 0 Å². The van der Waals surface area contributed by atoms with Gasteiger partial charge in [-0.3, -0.25) is 4.79 Å². The molecule has 1 aromatic rings. The zero-order chi connectivity index (χ0) is 15.9. The highest BCUT2D eigenvalue weighted by Gasteiger charge is 2.29. The largest absolute Gasteiger partial charge is 0.481 e. The Morgan fingerprint density at radius 3 is 3.05 bits per heavy atom. The van der Waals surface area contributed by atoms with Gasteiger partial charge in [-0.1, -0.05) is 0 Å². The van der Waals surface area contributed by atoms with Crippen molar-refractivity contribution >= 4 is 12.0 Å². The average molecular weight is 310 g/mol. The van der Waals surface area contributed by atoms with E-state index in [2.05, 4.69) is 5.32 Å². The van der Waals surface area contributed by atoms with Crippen LogP contribution in [0.15, 0.2) is 22.8 Å². The minimum atomic E-state index is -0.848. The molecule has 1 saturated heterocycles. The summed E-state index contributed by atoms with van der Waals surface area (Å²) in [5.41, 5.74) is 0. The highest BCUT2D eigenvalue weighted by molar-refractivity contribution is 5.76. The number of furan rings is 1. The smallest absolute Gasteiger partial charge is 0.318 e. The number of hydrogen-bond acceptors (Lipinski definition) is 4. The number of carbonyl (C=O) groups is 2. The lowest BCUT2D eigenvalue weighted by molar-refractivity contribution is -0.143. The second-order valence-corrected chi connectivity index (χ2v) is 5.42. The molecule has 2 unspecified atom stereocenters. The van der Waals surface area contributed by atoms with Gasteiger partial charge in [0.1, 0.15) is 5.76 Å². The third-order valence-electron chi connectivity index (χ3n) is 3.85. The maximum absolute atomic E-state index is 12.4. The van der Waals surface area contributed by atoms with E-state index in [-0.39, 0.29) is 18.6 Å². The number of methoxy groups -OCH3 is 1. The summed E-state index contributed by atoms with van der Waals surface area (Å²) in [6.45, 7) is 1.31. The molecule has 1 aromatic heterocycles. The minimum absolute atomic E-state index is 0.246. The van der Waals surface area contributed by atoms with Crippen LogP contribution in [-0.2, 0) is 9.53 Å². The first-order valence-corrected chi connectivity index (χ1v) is 7.42. The van der Waals surface area contributed by atoms with Gasteiger partial charge in [-0.25, -0.2) is 4.79 Å². The molecule has 0 aliphatic carbocycles. The number of nitrogens with one attached hydrogen (secondary N) is 1. The van der Waals surface area contributed by atoms with Crippen molar-refractivity contribution in [3.8, 4) is 0 Å². The summed E-state index contributed by atoms with van der Waals surface area (Å²) in [5, 5.41) is 12.0. The predicted octanol–water partition coefficient (Wildman–Crippen LogP) is 1.86. The van der Waals surface area contributed by atoms with E-state index >= 15 is 0 Å². The first-order valence-electron chi connectivity index (χ1n) is 7.42. The van der Waals surface area contributed by atoms with Crippen molar-refractivity contribution in [2.75, 3.05) is 26.8 Å². The van der Waals surface area contributed by atoms with Crippen molar-refractivity contribution in [3.63, 3.8) is 0 Å². The summed E-state index contributed by atoms with van der Waals surface area (Å²) >= 11 is 0. The topological polar surface area (TPSA) is 92.0 Å². The second-order valence-electron chi connectivity index (χ2n) is 5.42. The molecule has 1 fully saturated rings. The molecule has 22 heavy (non-hydrogen) atoms. The molecule has 2 rings (SSSR count). The molecule has 1 aliphatic rings. The Morgan fingerprint density at radius 1 is 1.59 bits per heavy atom. The van der Waals surface area contributed by atoms with Gasteiger partial charge < -0.3 is 24.5 Å². The van der Waals surface area contributed by atoms with E-state index in [0.717, 1.165) is 0 Å². The van der Waals surface area contributed by atoms with E-state index < -0.39 is 11.9 Å². The Kier molecular flexibility index (Phi) is 5.83. The van der Waals surface area contributed by atoms with Crippen LogP contribution in [-0.4, -0.2) is 48.8 Å². The van der Waals surface area contributed by atoms with Gasteiger partial charge in [0.05, 0.1) is 18.2 Å². The number of hydrogen-bond donors (Lipinski definition) is 2. The maximum atomic E-state index is 12.4. The molecular weight excluding hydrogens is 288 g/mol. The van der Waals surface area contributed by atoms with Crippen molar-refractivity contribution < 1.29 is 23.8 Å². The Morgan fingerprint density at radius 2 is 2.41 bits per heavy atom. The number of carboxylic acid groups (broad SMARTS) is 1. The van der Waals surface area contributed by atoms with Crippen molar-refractivity contribution in [1.82, 2.24) is 10.2 Å². The standard InChI is InChI=1S/C15H22N2O5/c1-21-9-6-12(13-5-3-8-22-13)16-15(20)17-7-2-4-11(10-17)14(18)19/h3,5,8,11-12H,2,4,6-7,9-10H2,1H3,(H,16,20)(H,18,19). The van der Waals surface area contributed by atoms with Crippen molar-refractivity contribution in [2.24, 2.45) is 5.92 Å². The van der Waals surface area contributed by atoms with Crippen LogP contribution in [0.4, 0.5) is 4.79 Å². The fraction of sp³-hybridized carbons (Fsp3) is 0.600. The number of amides is 2. The lowest BCUT2D eigenvalue weighted by atomic mass is 9.98. The molecule has 7 nitrogen and oxygen atoms in total. The van der Waals surface area contributed by atoms with E-state index in [9.17, 15) is 9.59 Å². The van der Waals surface area contributed by atoms with E-state index in [4.69, 9.17) is 14.3 Å². The molecule has 0 aromatic carbocycles. The average Bonchev–Trinajstić information content (AvgIpc) is 3.05. The van der Waals surface area contributed by atoms with Crippen molar-refractivity contribution in [2.45, 2.75) is 25.3 Å². The van der Waals surface area contributed by atoms with Crippen LogP contribution in [0.5, 0.6) is 0 Å². The number of ether oxygens (including phenoxy) is 1. The summed E-state index contributed by atoms with van der Waals surface area (Å²) in [4.78, 5) is 25.0. The molecule has 0 radical (unpaired) electrons. The van der Waals surface area contributed by atoms with Gasteiger partial charge in [0.25, 0.3) is 0 Å². The number of likely N-dealkylation sites (tertiary alicyclic amines) is 1. The molecule has 2 atom stereocenters. The summed E-state index contributed by atoms with van der Waals surface area (Å²) in [5.74, 6) is -0.669. The normalized spacial score (nSPS) is 19.7. The van der Waals surface area contributed by atoms with Gasteiger partial charge in [0.2, 0.25) is 0 Å². The zero-order valence-corrected chi connectivity index (χ0v) is 12.7. The number of carboxylic acids is 1. The van der Waals surface area contributed by atoms with Crippen LogP contribution < -0.4 is 5.32 Å². The molecule has 1 aliphatic heterocycles. The van der Waals surface area contributed by atoms with Crippen LogP contribution in [0.25, 0.3) is 0 Å². The van der Waals surface area contributed by atoms with E-state index in [1.807, 2.05) is 0 Å². The lowest BCUT2D eigenvalue weighted by Crippen LogP contribution is -2.48. The van der Waals surface area contributed by atoms with Gasteiger partial charge in [0, 0.05) is 26.8 Å². The molecule has 2 amide bonds. The molecule has 2 N–H and O–H groups in total. The number of aliphatic carboxylic acids is 1. The summed E-state index contributed by atoms with van der Waals surface area (Å²) in [6.07, 6.45) is 3.47. The molecule has 7 heteroatoms. The van der Waals surface area contributed by atoms with Gasteiger partial charge in [-0.15, -0.1) is 0 Å². The summed E-state index contributed by atoms with van der Waals surface area (Å²) in [7, 11) is 1.60. The molecule has 0 saturated carbocycles. The molecule has 122 valence electrons. The number of nitrogens with zero attached hydrogens (tertiary/aromatic N) is 1. The Balaban J connectivity index is 1.96. The SMILES string of the molecule is COCCC(NC(=O)N1CCCC(C(=O)O)C1)c1ccco1. The number of carbonyl (C=O) groups excluding carboxylic acids is 1. The fourth-order valence-corrected chi connectivity index (χ4v) is 2.61. The number of rotatable bonds is 6. The predicted molar refractivity (Wildman–Crippen MR) is 78.4 cm³/mol. The summed E-state index contributed by atoms with van der Waals surface area (Å²) in [6, 6.07) is 3.02. The minimum Gasteiger partial charge on any atom is -0.481 e. The first-order chi connectivity index (χ1) is 10.6.